The van der Waals surface area contributed by atoms with Crippen LogP contribution in [0.15, 0.2) is 0 Å². The molecule has 0 aromatic rings. The molecule has 0 unspecified atom stereocenters. The van der Waals surface area contributed by atoms with Gasteiger partial charge in [-0.25, -0.2) is 0 Å². The smallest absolute Gasteiger partial charge is 0.315 e. The van der Waals surface area contributed by atoms with Gasteiger partial charge in [-0.2, -0.15) is 0 Å². The zero-order valence-corrected chi connectivity index (χ0v) is 10.6. The number of hydrogen-bond acceptors (Lipinski definition) is 4. The standard InChI is InChI=1S/C12H20O4/c1-8(13)16-9-6-11(2,3)7-12(9,4)10(14)15-5/h9H,6-7H2,1-5H3/t9-,12+/m1/s1. The molecule has 1 aliphatic rings. The van der Waals surface area contributed by atoms with Crippen molar-refractivity contribution in [2.75, 3.05) is 7.11 Å². The maximum absolute atomic E-state index is 11.8. The molecule has 2 atom stereocenters. The first kappa shape index (κ1) is 13.0. The number of methoxy groups -OCH3 is 1. The van der Waals surface area contributed by atoms with Crippen molar-refractivity contribution in [3.63, 3.8) is 0 Å². The Bertz CT molecular complexity index is 308. The second kappa shape index (κ2) is 4.07. The molecule has 1 aliphatic carbocycles. The number of esters is 2. The second-order valence-corrected chi connectivity index (χ2v) is 5.55. The van der Waals surface area contributed by atoms with Gasteiger partial charge in [-0.1, -0.05) is 13.8 Å². The average molecular weight is 228 g/mol. The SMILES string of the molecule is COC(=O)[C@@]1(C)CC(C)(C)C[C@H]1OC(C)=O. The molecular formula is C12H20O4. The molecule has 4 heteroatoms. The van der Waals surface area contributed by atoms with Crippen molar-refractivity contribution in [3.8, 4) is 0 Å². The fraction of sp³-hybridized carbons (Fsp3) is 0.833. The summed E-state index contributed by atoms with van der Waals surface area (Å²) >= 11 is 0. The molecule has 0 bridgehead atoms. The number of hydrogen-bond donors (Lipinski definition) is 0. The molecule has 16 heavy (non-hydrogen) atoms. The van der Waals surface area contributed by atoms with E-state index in [1.807, 2.05) is 0 Å². The van der Waals surface area contributed by atoms with Gasteiger partial charge in [0.2, 0.25) is 0 Å². The van der Waals surface area contributed by atoms with E-state index in [1.165, 1.54) is 14.0 Å². The van der Waals surface area contributed by atoms with Crippen molar-refractivity contribution in [2.45, 2.75) is 46.6 Å². The van der Waals surface area contributed by atoms with E-state index in [4.69, 9.17) is 9.47 Å². The summed E-state index contributed by atoms with van der Waals surface area (Å²) in [5, 5.41) is 0. The Labute approximate surface area is 96.3 Å². The van der Waals surface area contributed by atoms with Gasteiger partial charge < -0.3 is 9.47 Å². The van der Waals surface area contributed by atoms with Crippen LogP contribution in [0.1, 0.15) is 40.5 Å². The minimum absolute atomic E-state index is 0.0109. The monoisotopic (exact) mass is 228 g/mol. The predicted molar refractivity (Wildman–Crippen MR) is 58.7 cm³/mol. The maximum atomic E-state index is 11.8. The largest absolute Gasteiger partial charge is 0.468 e. The molecule has 0 radical (unpaired) electrons. The molecular weight excluding hydrogens is 208 g/mol. The van der Waals surface area contributed by atoms with Gasteiger partial charge >= 0.3 is 11.9 Å². The summed E-state index contributed by atoms with van der Waals surface area (Å²) in [7, 11) is 1.36. The van der Waals surface area contributed by atoms with Crippen molar-refractivity contribution in [3.05, 3.63) is 0 Å². The topological polar surface area (TPSA) is 52.6 Å². The van der Waals surface area contributed by atoms with E-state index in [9.17, 15) is 9.59 Å². The van der Waals surface area contributed by atoms with Crippen LogP contribution in [0, 0.1) is 10.8 Å². The third-order valence-electron chi connectivity index (χ3n) is 3.25. The summed E-state index contributed by atoms with van der Waals surface area (Å²) < 4.78 is 10.1. The Balaban J connectivity index is 2.95. The normalized spacial score (nSPS) is 32.2. The molecule has 92 valence electrons. The van der Waals surface area contributed by atoms with Crippen LogP contribution >= 0.6 is 0 Å². The minimum Gasteiger partial charge on any atom is -0.468 e. The van der Waals surface area contributed by atoms with Gasteiger partial charge in [0.15, 0.2) is 0 Å². The average Bonchev–Trinajstić information content (AvgIpc) is 2.35. The fourth-order valence-corrected chi connectivity index (χ4v) is 2.72. The highest BCUT2D eigenvalue weighted by Crippen LogP contribution is 2.51. The van der Waals surface area contributed by atoms with E-state index >= 15 is 0 Å². The fourth-order valence-electron chi connectivity index (χ4n) is 2.72. The molecule has 0 saturated heterocycles. The Kier molecular flexibility index (Phi) is 3.31. The minimum atomic E-state index is -0.718. The van der Waals surface area contributed by atoms with Crippen molar-refractivity contribution < 1.29 is 19.1 Å². The molecule has 0 spiro atoms. The van der Waals surface area contributed by atoms with Crippen LogP contribution in [-0.4, -0.2) is 25.2 Å². The Morgan fingerprint density at radius 2 is 1.81 bits per heavy atom. The first-order chi connectivity index (χ1) is 7.21. The van der Waals surface area contributed by atoms with Gasteiger partial charge in [-0.15, -0.1) is 0 Å². The summed E-state index contributed by atoms with van der Waals surface area (Å²) in [6.45, 7) is 7.31. The summed E-state index contributed by atoms with van der Waals surface area (Å²) in [5.41, 5.74) is -0.729. The molecule has 1 saturated carbocycles. The molecule has 4 nitrogen and oxygen atoms in total. The highest BCUT2D eigenvalue weighted by atomic mass is 16.6. The van der Waals surface area contributed by atoms with Crippen LogP contribution in [0.25, 0.3) is 0 Å². The first-order valence-corrected chi connectivity index (χ1v) is 5.47. The van der Waals surface area contributed by atoms with Crippen molar-refractivity contribution >= 4 is 11.9 Å². The summed E-state index contributed by atoms with van der Waals surface area (Å²) in [6, 6.07) is 0. The molecule has 0 aromatic heterocycles. The van der Waals surface area contributed by atoms with Crippen LogP contribution in [0.2, 0.25) is 0 Å². The molecule has 0 aliphatic heterocycles. The zero-order valence-electron chi connectivity index (χ0n) is 10.6. The third kappa shape index (κ3) is 2.36. The van der Waals surface area contributed by atoms with Crippen LogP contribution < -0.4 is 0 Å². The van der Waals surface area contributed by atoms with E-state index in [-0.39, 0.29) is 23.5 Å². The molecule has 0 N–H and O–H groups in total. The summed E-state index contributed by atoms with van der Waals surface area (Å²) in [4.78, 5) is 22.8. The lowest BCUT2D eigenvalue weighted by Crippen LogP contribution is -2.39. The van der Waals surface area contributed by atoms with Gasteiger partial charge in [-0.05, 0) is 25.2 Å². The van der Waals surface area contributed by atoms with E-state index in [0.29, 0.717) is 12.8 Å². The summed E-state index contributed by atoms with van der Waals surface area (Å²) in [5.74, 6) is -0.651. The Morgan fingerprint density at radius 3 is 2.25 bits per heavy atom. The van der Waals surface area contributed by atoms with Gasteiger partial charge in [0.1, 0.15) is 11.5 Å². The molecule has 1 rings (SSSR count). The number of carbonyl (C=O) groups excluding carboxylic acids is 2. The van der Waals surface area contributed by atoms with E-state index in [1.54, 1.807) is 6.92 Å². The number of carbonyl (C=O) groups is 2. The second-order valence-electron chi connectivity index (χ2n) is 5.55. The Morgan fingerprint density at radius 1 is 1.25 bits per heavy atom. The summed E-state index contributed by atoms with van der Waals surface area (Å²) in [6.07, 6.45) is 0.982. The van der Waals surface area contributed by atoms with Gasteiger partial charge in [0.25, 0.3) is 0 Å². The molecule has 0 heterocycles. The Hall–Kier alpha value is -1.06. The van der Waals surface area contributed by atoms with Crippen LogP contribution in [-0.2, 0) is 19.1 Å². The predicted octanol–water partition coefficient (Wildman–Crippen LogP) is 1.92. The molecule has 0 amide bonds. The van der Waals surface area contributed by atoms with E-state index in [0.717, 1.165) is 0 Å². The number of rotatable bonds is 2. The van der Waals surface area contributed by atoms with Crippen molar-refractivity contribution in [2.24, 2.45) is 10.8 Å². The number of ether oxygens (including phenoxy) is 2. The van der Waals surface area contributed by atoms with Gasteiger partial charge in [0.05, 0.1) is 7.11 Å². The first-order valence-electron chi connectivity index (χ1n) is 5.47. The van der Waals surface area contributed by atoms with Crippen LogP contribution in [0.3, 0.4) is 0 Å². The van der Waals surface area contributed by atoms with Gasteiger partial charge in [-0.3, -0.25) is 9.59 Å². The van der Waals surface area contributed by atoms with Crippen molar-refractivity contribution in [1.29, 1.82) is 0 Å². The highest BCUT2D eigenvalue weighted by molar-refractivity contribution is 5.78. The van der Waals surface area contributed by atoms with Crippen LogP contribution in [0.5, 0.6) is 0 Å². The van der Waals surface area contributed by atoms with E-state index in [2.05, 4.69) is 13.8 Å². The van der Waals surface area contributed by atoms with Gasteiger partial charge in [0, 0.05) is 6.92 Å². The maximum Gasteiger partial charge on any atom is 0.315 e. The van der Waals surface area contributed by atoms with Crippen LogP contribution in [0.4, 0.5) is 0 Å². The lowest BCUT2D eigenvalue weighted by atomic mass is 9.82. The molecule has 1 fully saturated rings. The highest BCUT2D eigenvalue weighted by Gasteiger charge is 2.55. The molecule has 0 aromatic carbocycles. The van der Waals surface area contributed by atoms with E-state index < -0.39 is 5.41 Å². The zero-order chi connectivity index (χ0) is 12.6. The third-order valence-corrected chi connectivity index (χ3v) is 3.25. The lowest BCUT2D eigenvalue weighted by Gasteiger charge is -2.27. The quantitative estimate of drug-likeness (QED) is 0.677. The van der Waals surface area contributed by atoms with Crippen molar-refractivity contribution in [1.82, 2.24) is 0 Å². The lowest BCUT2D eigenvalue weighted by molar-refractivity contribution is -0.165.